The van der Waals surface area contributed by atoms with Crippen molar-refractivity contribution in [3.63, 3.8) is 0 Å². The molecule has 0 saturated heterocycles. The van der Waals surface area contributed by atoms with Gasteiger partial charge in [0.25, 0.3) is 10.0 Å². The molecule has 3 aromatic carbocycles. The van der Waals surface area contributed by atoms with Gasteiger partial charge in [-0.05, 0) is 61.9 Å². The summed E-state index contributed by atoms with van der Waals surface area (Å²) in [6, 6.07) is 17.6. The molecule has 36 heavy (non-hydrogen) atoms. The first-order valence-corrected chi connectivity index (χ1v) is 14.4. The first-order valence-electron chi connectivity index (χ1n) is 11.3. The molecule has 1 N–H and O–H groups in total. The molecule has 0 atom stereocenters. The van der Waals surface area contributed by atoms with E-state index in [2.05, 4.69) is 14.9 Å². The number of hydrogen-bond donors (Lipinski definition) is 1. The van der Waals surface area contributed by atoms with Crippen molar-refractivity contribution in [1.29, 1.82) is 0 Å². The highest BCUT2D eigenvalue weighted by molar-refractivity contribution is 7.92. The van der Waals surface area contributed by atoms with Gasteiger partial charge in [-0.25, -0.2) is 16.8 Å². The van der Waals surface area contributed by atoms with E-state index in [0.717, 1.165) is 11.1 Å². The van der Waals surface area contributed by atoms with Crippen molar-refractivity contribution in [3.05, 3.63) is 89.3 Å². The van der Waals surface area contributed by atoms with Gasteiger partial charge in [0.05, 0.1) is 21.2 Å². The van der Waals surface area contributed by atoms with Crippen LogP contribution in [-0.4, -0.2) is 27.0 Å². The lowest BCUT2D eigenvalue weighted by molar-refractivity contribution is 0.365. The number of anilines is 1. The zero-order valence-electron chi connectivity index (χ0n) is 20.4. The summed E-state index contributed by atoms with van der Waals surface area (Å²) >= 11 is 0. The molecule has 0 bridgehead atoms. The quantitative estimate of drug-likeness (QED) is 0.334. The van der Waals surface area contributed by atoms with E-state index >= 15 is 0 Å². The van der Waals surface area contributed by atoms with Crippen molar-refractivity contribution in [2.24, 2.45) is 0 Å². The molecule has 0 amide bonds. The number of hydrogen-bond acceptors (Lipinski definition) is 7. The van der Waals surface area contributed by atoms with E-state index in [4.69, 9.17) is 4.52 Å². The van der Waals surface area contributed by atoms with Gasteiger partial charge in [-0.3, -0.25) is 4.72 Å². The third-order valence-electron chi connectivity index (χ3n) is 5.60. The minimum Gasteiger partial charge on any atom is -0.339 e. The molecule has 0 unspecified atom stereocenters. The van der Waals surface area contributed by atoms with Crippen LogP contribution < -0.4 is 4.72 Å². The first kappa shape index (κ1) is 25.6. The van der Waals surface area contributed by atoms with E-state index in [9.17, 15) is 16.8 Å². The average Bonchev–Trinajstić information content (AvgIpc) is 3.31. The summed E-state index contributed by atoms with van der Waals surface area (Å²) < 4.78 is 60.5. The van der Waals surface area contributed by atoms with Crippen LogP contribution in [0.1, 0.15) is 42.3 Å². The Balaban J connectivity index is 1.77. The molecule has 188 valence electrons. The molecule has 1 aromatic heterocycles. The van der Waals surface area contributed by atoms with Crippen molar-refractivity contribution in [2.45, 2.75) is 49.2 Å². The number of sulfonamides is 1. The molecule has 0 saturated carbocycles. The van der Waals surface area contributed by atoms with Crippen molar-refractivity contribution >= 4 is 25.5 Å². The van der Waals surface area contributed by atoms with E-state index in [1.165, 1.54) is 18.2 Å². The Hall–Kier alpha value is -3.50. The maximum atomic E-state index is 13.3. The van der Waals surface area contributed by atoms with Gasteiger partial charge < -0.3 is 4.52 Å². The van der Waals surface area contributed by atoms with E-state index in [1.807, 2.05) is 27.7 Å². The standard InChI is InChI=1S/C26H27N3O5S2/c1-17(2)26-27-25(28-34-26)20-9-14-24(29-36(32,33)23-12-7-19(4)8-13-23)21(15-20)16-35(30,31)22-10-5-18(3)6-11-22/h5-15,17,29H,16H2,1-4H3. The maximum absolute atomic E-state index is 13.3. The summed E-state index contributed by atoms with van der Waals surface area (Å²) in [5.74, 6) is 0.335. The number of nitrogens with zero attached hydrogens (tertiary/aromatic N) is 2. The van der Waals surface area contributed by atoms with Crippen LogP contribution in [0.25, 0.3) is 11.4 Å². The Morgan fingerprint density at radius 3 is 1.97 bits per heavy atom. The first-order chi connectivity index (χ1) is 16.9. The summed E-state index contributed by atoms with van der Waals surface area (Å²) in [6.07, 6.45) is 0. The van der Waals surface area contributed by atoms with E-state index in [-0.39, 0.29) is 27.0 Å². The summed E-state index contributed by atoms with van der Waals surface area (Å²) in [5.41, 5.74) is 2.78. The maximum Gasteiger partial charge on any atom is 0.261 e. The summed E-state index contributed by atoms with van der Waals surface area (Å²) in [4.78, 5) is 4.60. The Bertz CT molecular complexity index is 1590. The number of rotatable bonds is 8. The van der Waals surface area contributed by atoms with Crippen LogP contribution in [0.5, 0.6) is 0 Å². The van der Waals surface area contributed by atoms with Gasteiger partial charge in [0, 0.05) is 11.5 Å². The van der Waals surface area contributed by atoms with Crippen molar-refractivity contribution in [3.8, 4) is 11.4 Å². The summed E-state index contributed by atoms with van der Waals surface area (Å²) in [6.45, 7) is 7.56. The van der Waals surface area contributed by atoms with Crippen LogP contribution in [-0.2, 0) is 25.6 Å². The number of sulfone groups is 1. The third-order valence-corrected chi connectivity index (χ3v) is 8.66. The van der Waals surface area contributed by atoms with Crippen LogP contribution in [0.15, 0.2) is 81.0 Å². The van der Waals surface area contributed by atoms with Crippen molar-refractivity contribution in [2.75, 3.05) is 4.72 Å². The lowest BCUT2D eigenvalue weighted by atomic mass is 10.1. The summed E-state index contributed by atoms with van der Waals surface area (Å²) in [7, 11) is -7.74. The van der Waals surface area contributed by atoms with Gasteiger partial charge in [0.2, 0.25) is 11.7 Å². The van der Waals surface area contributed by atoms with Gasteiger partial charge in [0.1, 0.15) is 0 Å². The molecule has 10 heteroatoms. The highest BCUT2D eigenvalue weighted by atomic mass is 32.2. The van der Waals surface area contributed by atoms with Gasteiger partial charge in [0.15, 0.2) is 9.84 Å². The normalized spacial score (nSPS) is 12.1. The number of benzene rings is 3. The second-order valence-corrected chi connectivity index (χ2v) is 12.6. The Labute approximate surface area is 211 Å². The van der Waals surface area contributed by atoms with Crippen molar-refractivity contribution in [1.82, 2.24) is 10.1 Å². The van der Waals surface area contributed by atoms with E-state index in [1.54, 1.807) is 48.5 Å². The minimum absolute atomic E-state index is 0.0215. The fraction of sp³-hybridized carbons (Fsp3) is 0.231. The minimum atomic E-state index is -3.96. The topological polar surface area (TPSA) is 119 Å². The fourth-order valence-corrected chi connectivity index (χ4v) is 5.96. The number of aromatic nitrogens is 2. The molecule has 0 aliphatic heterocycles. The van der Waals surface area contributed by atoms with Crippen LogP contribution in [0, 0.1) is 13.8 Å². The second kappa shape index (κ2) is 9.87. The lowest BCUT2D eigenvalue weighted by Crippen LogP contribution is -2.15. The third kappa shape index (κ3) is 5.66. The van der Waals surface area contributed by atoms with E-state index < -0.39 is 25.6 Å². The predicted octanol–water partition coefficient (Wildman–Crippen LogP) is 5.25. The average molecular weight is 526 g/mol. The number of nitrogens with one attached hydrogen (secondary N) is 1. The Kier molecular flexibility index (Phi) is 7.01. The lowest BCUT2D eigenvalue weighted by Gasteiger charge is -2.14. The summed E-state index contributed by atoms with van der Waals surface area (Å²) in [5, 5.41) is 4.00. The Morgan fingerprint density at radius 1 is 0.833 bits per heavy atom. The number of aryl methyl sites for hydroxylation is 2. The molecular formula is C26H27N3O5S2. The Morgan fingerprint density at radius 2 is 1.42 bits per heavy atom. The monoisotopic (exact) mass is 525 g/mol. The van der Waals surface area contributed by atoms with Gasteiger partial charge >= 0.3 is 0 Å². The molecule has 8 nitrogen and oxygen atoms in total. The molecule has 1 heterocycles. The molecular weight excluding hydrogens is 498 g/mol. The van der Waals surface area contributed by atoms with Crippen LogP contribution in [0.3, 0.4) is 0 Å². The SMILES string of the molecule is Cc1ccc(S(=O)(=O)Cc2cc(-c3noc(C(C)C)n3)ccc2NS(=O)(=O)c2ccc(C)cc2)cc1. The molecule has 4 aromatic rings. The molecule has 0 aliphatic carbocycles. The highest BCUT2D eigenvalue weighted by Crippen LogP contribution is 2.30. The second-order valence-electron chi connectivity index (χ2n) is 8.97. The largest absolute Gasteiger partial charge is 0.339 e. The molecule has 0 radical (unpaired) electrons. The zero-order valence-corrected chi connectivity index (χ0v) is 22.0. The van der Waals surface area contributed by atoms with Crippen LogP contribution in [0.4, 0.5) is 5.69 Å². The van der Waals surface area contributed by atoms with Crippen LogP contribution >= 0.6 is 0 Å². The fourth-order valence-electron chi connectivity index (χ4n) is 3.49. The zero-order chi connectivity index (χ0) is 26.1. The van der Waals surface area contributed by atoms with E-state index in [0.29, 0.717) is 17.3 Å². The van der Waals surface area contributed by atoms with Gasteiger partial charge in [-0.2, -0.15) is 4.98 Å². The molecule has 0 fully saturated rings. The van der Waals surface area contributed by atoms with Gasteiger partial charge in [-0.15, -0.1) is 0 Å². The smallest absolute Gasteiger partial charge is 0.261 e. The molecule has 0 aliphatic rings. The van der Waals surface area contributed by atoms with Crippen LogP contribution in [0.2, 0.25) is 0 Å². The molecule has 0 spiro atoms. The predicted molar refractivity (Wildman–Crippen MR) is 138 cm³/mol. The van der Waals surface area contributed by atoms with Gasteiger partial charge in [-0.1, -0.05) is 54.4 Å². The molecule has 4 rings (SSSR count). The highest BCUT2D eigenvalue weighted by Gasteiger charge is 2.22. The van der Waals surface area contributed by atoms with Crippen molar-refractivity contribution < 1.29 is 21.4 Å².